The Bertz CT molecular complexity index is 2680. The van der Waals surface area contributed by atoms with Crippen molar-refractivity contribution in [2.24, 2.45) is 0 Å². The summed E-state index contributed by atoms with van der Waals surface area (Å²) in [5.41, 5.74) is 7.97. The Morgan fingerprint density at radius 3 is 1.51 bits per heavy atom. The smallest absolute Gasteiger partial charge is 0.395 e. The van der Waals surface area contributed by atoms with Crippen molar-refractivity contribution >= 4 is 50.9 Å². The van der Waals surface area contributed by atoms with E-state index in [0.717, 1.165) is 60.5 Å². The summed E-state index contributed by atoms with van der Waals surface area (Å²) in [6, 6.07) is 46.3. The van der Waals surface area contributed by atoms with Crippen molar-refractivity contribution in [2.75, 3.05) is 0 Å². The molecule has 250 valence electrons. The molecule has 0 aromatic heterocycles. The highest BCUT2D eigenvalue weighted by Crippen LogP contribution is 2.60. The molecule has 5 heteroatoms. The van der Waals surface area contributed by atoms with E-state index in [4.69, 9.17) is 9.05 Å². The van der Waals surface area contributed by atoms with Crippen LogP contribution in [0.15, 0.2) is 133 Å². The van der Waals surface area contributed by atoms with Gasteiger partial charge in [0.25, 0.3) is 0 Å². The van der Waals surface area contributed by atoms with Gasteiger partial charge >= 0.3 is 7.82 Å². The zero-order chi connectivity index (χ0) is 35.0. The molecule has 8 aromatic carbocycles. The zero-order valence-electron chi connectivity index (χ0n) is 29.0. The molecule has 0 radical (unpaired) electrons. The van der Waals surface area contributed by atoms with E-state index in [0.29, 0.717) is 11.5 Å². The van der Waals surface area contributed by atoms with Gasteiger partial charge in [-0.15, -0.1) is 0 Å². The number of hydrogen-bond acceptors (Lipinski definition) is 3. The topological polar surface area (TPSA) is 55.8 Å². The van der Waals surface area contributed by atoms with Crippen LogP contribution in [-0.2, 0) is 4.57 Å². The molecule has 4 nitrogen and oxygen atoms in total. The molecule has 0 spiro atoms. The van der Waals surface area contributed by atoms with Gasteiger partial charge in [-0.1, -0.05) is 143 Å². The molecule has 1 unspecified atom stereocenters. The van der Waals surface area contributed by atoms with Crippen LogP contribution in [0.4, 0.5) is 0 Å². The van der Waals surface area contributed by atoms with E-state index < -0.39 is 7.82 Å². The summed E-state index contributed by atoms with van der Waals surface area (Å²) in [5, 5.41) is 8.68. The van der Waals surface area contributed by atoms with Crippen molar-refractivity contribution in [1.29, 1.82) is 0 Å². The quantitative estimate of drug-likeness (QED) is 0.148. The van der Waals surface area contributed by atoms with Gasteiger partial charge in [-0.3, -0.25) is 4.89 Å². The first-order valence-corrected chi connectivity index (χ1v) is 19.1. The minimum absolute atomic E-state index is 0.122. The predicted molar refractivity (Wildman–Crippen MR) is 212 cm³/mol. The van der Waals surface area contributed by atoms with Gasteiger partial charge in [0.2, 0.25) is 0 Å². The predicted octanol–water partition coefficient (Wildman–Crippen LogP) is 13.4. The molecule has 1 heterocycles. The highest BCUT2D eigenvalue weighted by atomic mass is 31.2. The Morgan fingerprint density at radius 1 is 0.490 bits per heavy atom. The first kappa shape index (κ1) is 31.6. The van der Waals surface area contributed by atoms with Gasteiger partial charge in [-0.05, 0) is 101 Å². The van der Waals surface area contributed by atoms with Crippen LogP contribution in [0.2, 0.25) is 0 Å². The molecule has 8 aromatic rings. The largest absolute Gasteiger partial charge is 0.584 e. The average Bonchev–Trinajstić information content (AvgIpc) is 3.25. The number of hydrogen-bond donors (Lipinski definition) is 1. The zero-order valence-corrected chi connectivity index (χ0v) is 29.9. The maximum absolute atomic E-state index is 13.9. The van der Waals surface area contributed by atoms with Crippen LogP contribution < -0.4 is 9.05 Å². The maximum atomic E-state index is 13.9. The fourth-order valence-corrected chi connectivity index (χ4v) is 8.94. The van der Waals surface area contributed by atoms with E-state index in [2.05, 4.69) is 119 Å². The Balaban J connectivity index is 1.43. The molecule has 1 atom stereocenters. The number of benzene rings is 8. The fourth-order valence-electron chi connectivity index (χ4n) is 8.08. The number of fused-ring (bicyclic) bond motifs is 9. The Kier molecular flexibility index (Phi) is 7.33. The van der Waals surface area contributed by atoms with Crippen LogP contribution in [-0.4, -0.2) is 4.89 Å². The number of rotatable bonds is 4. The Hall–Kier alpha value is -5.41. The van der Waals surface area contributed by atoms with Crippen LogP contribution in [0.1, 0.15) is 50.7 Å². The molecular weight excluding hydrogens is 647 g/mol. The van der Waals surface area contributed by atoms with E-state index in [1.165, 1.54) is 27.1 Å². The summed E-state index contributed by atoms with van der Waals surface area (Å²) in [6.07, 6.45) is 0. The maximum Gasteiger partial charge on any atom is 0.584 e. The molecule has 51 heavy (non-hydrogen) atoms. The normalized spacial score (nSPS) is 15.6. The first-order valence-electron chi connectivity index (χ1n) is 17.6. The molecule has 0 amide bonds. The SMILES string of the molecule is CC(C)c1cc(-c2c3ccccc3cc3ccccc23)cc(C(C)C)c1-c1cc2ccccc2c2c1OP(=O)(O)Oc1ccc3ccccc3c1-2. The summed E-state index contributed by atoms with van der Waals surface area (Å²) in [7, 11) is -4.59. The standard InChI is InChI=1S/C46H37O4P/c1-27(2)38-25-33(42-35-18-10-6-14-30(35)23-31-15-7-11-19-36(31)42)26-39(28(3)4)43(38)40-24-32-16-8-12-20-37(32)45-44-34-17-9-5-13-29(34)21-22-41(44)49-51(47,48)50-46(40)45/h5-28H,1-4H3,(H,47,48). The van der Waals surface area contributed by atoms with Crippen molar-refractivity contribution < 1.29 is 18.5 Å². The van der Waals surface area contributed by atoms with Gasteiger partial charge in [0, 0.05) is 16.7 Å². The summed E-state index contributed by atoms with van der Waals surface area (Å²) in [4.78, 5) is 11.3. The molecule has 1 aliphatic heterocycles. The van der Waals surface area contributed by atoms with E-state index in [1.807, 2.05) is 36.4 Å². The average molecular weight is 685 g/mol. The highest BCUT2D eigenvalue weighted by Gasteiger charge is 2.37. The number of phosphoric ester groups is 1. The second-order valence-electron chi connectivity index (χ2n) is 14.2. The molecule has 1 N–H and O–H groups in total. The van der Waals surface area contributed by atoms with Crippen LogP contribution >= 0.6 is 7.82 Å². The highest BCUT2D eigenvalue weighted by molar-refractivity contribution is 7.48. The van der Waals surface area contributed by atoms with Gasteiger partial charge < -0.3 is 9.05 Å². The minimum Gasteiger partial charge on any atom is -0.395 e. The van der Waals surface area contributed by atoms with Crippen molar-refractivity contribution in [3.63, 3.8) is 0 Å². The lowest BCUT2D eigenvalue weighted by molar-refractivity contribution is 0.295. The van der Waals surface area contributed by atoms with Crippen LogP contribution in [0.3, 0.4) is 0 Å². The lowest BCUT2D eigenvalue weighted by Crippen LogP contribution is -2.04. The van der Waals surface area contributed by atoms with Gasteiger partial charge in [0.1, 0.15) is 11.5 Å². The summed E-state index contributed by atoms with van der Waals surface area (Å²) < 4.78 is 26.0. The van der Waals surface area contributed by atoms with Crippen molar-refractivity contribution in [2.45, 2.75) is 39.5 Å². The van der Waals surface area contributed by atoms with E-state index in [1.54, 1.807) is 6.07 Å². The molecule has 0 saturated heterocycles. The Morgan fingerprint density at radius 2 is 0.961 bits per heavy atom. The summed E-state index contributed by atoms with van der Waals surface area (Å²) in [6.45, 7) is 8.88. The number of phosphoric acid groups is 1. The second kappa shape index (κ2) is 11.8. The van der Waals surface area contributed by atoms with E-state index >= 15 is 0 Å². The van der Waals surface area contributed by atoms with Crippen LogP contribution in [0.25, 0.3) is 76.5 Å². The van der Waals surface area contributed by atoms with Gasteiger partial charge in [-0.2, -0.15) is 0 Å². The lowest BCUT2D eigenvalue weighted by atomic mass is 9.79. The van der Waals surface area contributed by atoms with Gasteiger partial charge in [0.15, 0.2) is 0 Å². The Labute approximate surface area is 297 Å². The third-order valence-electron chi connectivity index (χ3n) is 10.3. The fraction of sp³-hybridized carbons (Fsp3) is 0.130. The third-order valence-corrected chi connectivity index (χ3v) is 11.2. The second-order valence-corrected chi connectivity index (χ2v) is 15.5. The van der Waals surface area contributed by atoms with Gasteiger partial charge in [-0.25, -0.2) is 4.57 Å². The molecule has 0 aliphatic carbocycles. The molecule has 1 aliphatic rings. The molecular formula is C46H37O4P. The van der Waals surface area contributed by atoms with Crippen LogP contribution in [0.5, 0.6) is 11.5 Å². The molecule has 0 bridgehead atoms. The van der Waals surface area contributed by atoms with Crippen molar-refractivity contribution in [3.05, 3.63) is 145 Å². The van der Waals surface area contributed by atoms with Crippen molar-refractivity contribution in [1.82, 2.24) is 0 Å². The minimum atomic E-state index is -4.59. The monoisotopic (exact) mass is 684 g/mol. The van der Waals surface area contributed by atoms with E-state index in [9.17, 15) is 9.46 Å². The first-order chi connectivity index (χ1) is 24.7. The molecule has 0 fully saturated rings. The summed E-state index contributed by atoms with van der Waals surface area (Å²) >= 11 is 0. The van der Waals surface area contributed by atoms with E-state index in [-0.39, 0.29) is 11.8 Å². The lowest BCUT2D eigenvalue weighted by Gasteiger charge is -2.26. The van der Waals surface area contributed by atoms with Crippen molar-refractivity contribution in [3.8, 4) is 44.9 Å². The molecule has 9 rings (SSSR count). The van der Waals surface area contributed by atoms with Gasteiger partial charge in [0.05, 0.1) is 0 Å². The summed E-state index contributed by atoms with van der Waals surface area (Å²) in [5.74, 6) is 0.933. The molecule has 0 saturated carbocycles. The van der Waals surface area contributed by atoms with Crippen LogP contribution in [0, 0.1) is 0 Å². The third kappa shape index (κ3) is 5.13.